The van der Waals surface area contributed by atoms with Crippen LogP contribution in [0.1, 0.15) is 20.9 Å². The number of halogens is 1. The monoisotopic (exact) mass is 358 g/mol. The predicted octanol–water partition coefficient (Wildman–Crippen LogP) is 3.02. The number of benzene rings is 1. The first-order valence-electron chi connectivity index (χ1n) is 7.33. The van der Waals surface area contributed by atoms with Crippen LogP contribution in [-0.2, 0) is 0 Å². The highest BCUT2D eigenvalue weighted by molar-refractivity contribution is 6.30. The molecule has 7 nitrogen and oxygen atoms in total. The molecule has 0 saturated heterocycles. The topological polar surface area (TPSA) is 101 Å². The van der Waals surface area contributed by atoms with Gasteiger partial charge in [-0.3, -0.25) is 9.59 Å². The molecule has 128 valence electrons. The van der Waals surface area contributed by atoms with Crippen LogP contribution in [0.4, 0.5) is 11.5 Å². The molecule has 2 amide bonds. The van der Waals surface area contributed by atoms with Crippen molar-refractivity contribution in [3.8, 4) is 0 Å². The fraction of sp³-hybridized carbons (Fsp3) is 0.118. The van der Waals surface area contributed by atoms with Crippen LogP contribution >= 0.6 is 11.6 Å². The zero-order valence-electron chi connectivity index (χ0n) is 13.5. The van der Waals surface area contributed by atoms with E-state index in [2.05, 4.69) is 10.3 Å². The third-order valence-electron chi connectivity index (χ3n) is 3.56. The minimum absolute atomic E-state index is 0.0406. The maximum atomic E-state index is 12.4. The molecule has 0 aliphatic rings. The summed E-state index contributed by atoms with van der Waals surface area (Å²) in [5.41, 5.74) is 7.01. The van der Waals surface area contributed by atoms with Crippen molar-refractivity contribution in [2.45, 2.75) is 0 Å². The van der Waals surface area contributed by atoms with Crippen molar-refractivity contribution in [2.75, 3.05) is 25.1 Å². The van der Waals surface area contributed by atoms with E-state index in [1.165, 1.54) is 11.1 Å². The minimum atomic E-state index is -0.538. The van der Waals surface area contributed by atoms with Gasteiger partial charge in [0, 0.05) is 31.2 Å². The van der Waals surface area contributed by atoms with E-state index in [0.717, 1.165) is 0 Å². The first kappa shape index (κ1) is 16.8. The van der Waals surface area contributed by atoms with Crippen molar-refractivity contribution in [2.24, 2.45) is 0 Å². The summed E-state index contributed by atoms with van der Waals surface area (Å²) < 4.78 is 5.57. The Bertz CT molecular complexity index is 964. The molecular weight excluding hydrogens is 344 g/mol. The highest BCUT2D eigenvalue weighted by atomic mass is 35.5. The first-order chi connectivity index (χ1) is 11.9. The number of carbonyl (C=O) groups excluding carboxylic acids is 2. The number of nitrogens with one attached hydrogen (secondary N) is 1. The van der Waals surface area contributed by atoms with Crippen LogP contribution in [0.2, 0.25) is 5.02 Å². The van der Waals surface area contributed by atoms with Crippen LogP contribution in [0.25, 0.3) is 11.0 Å². The SMILES string of the molecule is CN(C)C(=O)c1ccc2c(N)c(C(=O)Nc3ccc(Cl)cn3)oc2c1. The summed E-state index contributed by atoms with van der Waals surface area (Å²) in [6.45, 7) is 0. The zero-order chi connectivity index (χ0) is 18.1. The molecule has 0 aliphatic carbocycles. The molecule has 0 saturated carbocycles. The number of nitrogens with two attached hydrogens (primary N) is 1. The van der Waals surface area contributed by atoms with Gasteiger partial charge in [-0.15, -0.1) is 0 Å². The Morgan fingerprint density at radius 3 is 2.64 bits per heavy atom. The third-order valence-corrected chi connectivity index (χ3v) is 3.78. The number of nitrogens with zero attached hydrogens (tertiary/aromatic N) is 2. The molecule has 0 unspecified atom stereocenters. The van der Waals surface area contributed by atoms with E-state index in [1.54, 1.807) is 44.4 Å². The largest absolute Gasteiger partial charge is 0.449 e. The Labute approximate surface area is 148 Å². The molecule has 3 N–H and O–H groups in total. The van der Waals surface area contributed by atoms with E-state index < -0.39 is 5.91 Å². The molecule has 3 aromatic rings. The van der Waals surface area contributed by atoms with Crippen LogP contribution < -0.4 is 11.1 Å². The normalized spacial score (nSPS) is 10.7. The average Bonchev–Trinajstić information content (AvgIpc) is 2.92. The number of rotatable bonds is 3. The summed E-state index contributed by atoms with van der Waals surface area (Å²) in [5.74, 6) is -0.434. The van der Waals surface area contributed by atoms with E-state index in [0.29, 0.717) is 27.4 Å². The molecule has 1 aromatic carbocycles. The summed E-state index contributed by atoms with van der Waals surface area (Å²) >= 11 is 5.76. The van der Waals surface area contributed by atoms with Crippen LogP contribution in [0.5, 0.6) is 0 Å². The molecule has 25 heavy (non-hydrogen) atoms. The summed E-state index contributed by atoms with van der Waals surface area (Å²) in [6.07, 6.45) is 1.41. The Kier molecular flexibility index (Phi) is 4.33. The molecule has 0 bridgehead atoms. The van der Waals surface area contributed by atoms with Gasteiger partial charge < -0.3 is 20.4 Å². The molecule has 3 rings (SSSR count). The van der Waals surface area contributed by atoms with E-state index in [9.17, 15) is 9.59 Å². The number of furan rings is 1. The molecule has 8 heteroatoms. The number of nitrogen functional groups attached to an aromatic ring is 1. The first-order valence-corrected chi connectivity index (χ1v) is 7.71. The Morgan fingerprint density at radius 1 is 1.24 bits per heavy atom. The zero-order valence-corrected chi connectivity index (χ0v) is 14.3. The standard InChI is InChI=1S/C17H15ClN4O3/c1-22(2)17(24)9-3-5-11-12(7-9)25-15(14(11)19)16(23)21-13-6-4-10(18)8-20-13/h3-8H,19H2,1-2H3,(H,20,21,23). The Morgan fingerprint density at radius 2 is 2.00 bits per heavy atom. The fourth-order valence-electron chi connectivity index (χ4n) is 2.30. The lowest BCUT2D eigenvalue weighted by Crippen LogP contribution is -2.21. The second-order valence-electron chi connectivity index (χ2n) is 5.57. The summed E-state index contributed by atoms with van der Waals surface area (Å²) in [4.78, 5) is 29.9. The van der Waals surface area contributed by atoms with E-state index >= 15 is 0 Å². The molecular formula is C17H15ClN4O3. The van der Waals surface area contributed by atoms with Gasteiger partial charge in [0.1, 0.15) is 11.4 Å². The number of carbonyl (C=O) groups is 2. The quantitative estimate of drug-likeness (QED) is 0.749. The van der Waals surface area contributed by atoms with Crippen molar-refractivity contribution in [1.29, 1.82) is 0 Å². The van der Waals surface area contributed by atoms with Crippen molar-refractivity contribution in [3.05, 3.63) is 52.9 Å². The van der Waals surface area contributed by atoms with Crippen LogP contribution in [-0.4, -0.2) is 35.8 Å². The van der Waals surface area contributed by atoms with Crippen molar-refractivity contribution in [1.82, 2.24) is 9.88 Å². The predicted molar refractivity (Wildman–Crippen MR) is 95.8 cm³/mol. The Hall–Kier alpha value is -3.06. The lowest BCUT2D eigenvalue weighted by atomic mass is 10.1. The average molecular weight is 359 g/mol. The van der Waals surface area contributed by atoms with E-state index in [1.807, 2.05) is 0 Å². The second-order valence-corrected chi connectivity index (χ2v) is 6.01. The number of hydrogen-bond donors (Lipinski definition) is 2. The van der Waals surface area contributed by atoms with Gasteiger partial charge in [0.05, 0.1) is 10.7 Å². The van der Waals surface area contributed by atoms with E-state index in [4.69, 9.17) is 21.8 Å². The van der Waals surface area contributed by atoms with Crippen molar-refractivity contribution >= 4 is 45.9 Å². The second kappa shape index (κ2) is 6.45. The van der Waals surface area contributed by atoms with Crippen molar-refractivity contribution in [3.63, 3.8) is 0 Å². The smallest absolute Gasteiger partial charge is 0.294 e. The molecule has 0 aliphatic heterocycles. The van der Waals surface area contributed by atoms with E-state index in [-0.39, 0.29) is 17.4 Å². The summed E-state index contributed by atoms with van der Waals surface area (Å²) in [6, 6.07) is 8.02. The molecule has 0 fully saturated rings. The van der Waals surface area contributed by atoms with Crippen LogP contribution in [0.3, 0.4) is 0 Å². The molecule has 2 heterocycles. The minimum Gasteiger partial charge on any atom is -0.449 e. The lowest BCUT2D eigenvalue weighted by molar-refractivity contribution is 0.0827. The number of aromatic nitrogens is 1. The van der Waals surface area contributed by atoms with Crippen LogP contribution in [0, 0.1) is 0 Å². The molecule has 0 spiro atoms. The van der Waals surface area contributed by atoms with Gasteiger partial charge in [-0.1, -0.05) is 11.6 Å². The summed E-state index contributed by atoms with van der Waals surface area (Å²) in [5, 5.41) is 3.60. The highest BCUT2D eigenvalue weighted by Crippen LogP contribution is 2.30. The maximum Gasteiger partial charge on any atom is 0.294 e. The Balaban J connectivity index is 1.93. The maximum absolute atomic E-state index is 12.4. The third kappa shape index (κ3) is 3.27. The molecule has 0 atom stereocenters. The number of hydrogen-bond acceptors (Lipinski definition) is 5. The molecule has 0 radical (unpaired) electrons. The summed E-state index contributed by atoms with van der Waals surface area (Å²) in [7, 11) is 3.31. The highest BCUT2D eigenvalue weighted by Gasteiger charge is 2.20. The van der Waals surface area contributed by atoms with Gasteiger partial charge in [-0.05, 0) is 30.3 Å². The van der Waals surface area contributed by atoms with Gasteiger partial charge in [-0.2, -0.15) is 0 Å². The number of amides is 2. The fourth-order valence-corrected chi connectivity index (χ4v) is 2.41. The van der Waals surface area contributed by atoms with Gasteiger partial charge in [0.2, 0.25) is 5.76 Å². The number of fused-ring (bicyclic) bond motifs is 1. The van der Waals surface area contributed by atoms with Crippen LogP contribution in [0.15, 0.2) is 40.9 Å². The van der Waals surface area contributed by atoms with Gasteiger partial charge in [-0.25, -0.2) is 4.98 Å². The number of anilines is 2. The van der Waals surface area contributed by atoms with Gasteiger partial charge >= 0.3 is 0 Å². The van der Waals surface area contributed by atoms with Gasteiger partial charge in [0.25, 0.3) is 11.8 Å². The lowest BCUT2D eigenvalue weighted by Gasteiger charge is -2.09. The van der Waals surface area contributed by atoms with Gasteiger partial charge in [0.15, 0.2) is 0 Å². The number of pyridine rings is 1. The molecule has 2 aromatic heterocycles. The van der Waals surface area contributed by atoms with Crippen molar-refractivity contribution < 1.29 is 14.0 Å².